The van der Waals surface area contributed by atoms with Crippen molar-refractivity contribution in [2.75, 3.05) is 0 Å². The molecule has 0 bridgehead atoms. The third-order valence-electron chi connectivity index (χ3n) is 2.11. The number of hydrogen-bond donors (Lipinski definition) is 1. The Labute approximate surface area is 92.7 Å². The third kappa shape index (κ3) is 1.78. The van der Waals surface area contributed by atoms with Crippen molar-refractivity contribution >= 4 is 22.5 Å². The molecule has 6 heteroatoms. The number of hydrogen-bond acceptors (Lipinski definition) is 1. The van der Waals surface area contributed by atoms with Gasteiger partial charge in [-0.2, -0.15) is 0 Å². The molecule has 0 radical (unpaired) electrons. The minimum Gasteiger partial charge on any atom is -0.352 e. The molecule has 0 fully saturated rings. The van der Waals surface area contributed by atoms with E-state index in [1.165, 1.54) is 0 Å². The molecule has 0 saturated carbocycles. The number of aromatic nitrogens is 1. The van der Waals surface area contributed by atoms with Crippen molar-refractivity contribution in [3.05, 3.63) is 45.0 Å². The maximum Gasteiger partial charge on any atom is 0.278 e. The number of rotatable bonds is 1. The number of benzene rings is 1. The molecule has 1 N–H and O–H groups in total. The Morgan fingerprint density at radius 1 is 1.25 bits per heavy atom. The Bertz CT molecular complexity index is 609. The first-order chi connectivity index (χ1) is 7.49. The predicted octanol–water partition coefficient (Wildman–Crippen LogP) is 3.26. The van der Waals surface area contributed by atoms with Crippen LogP contribution in [0.15, 0.2) is 23.0 Å². The smallest absolute Gasteiger partial charge is 0.278 e. The zero-order chi connectivity index (χ0) is 11.9. The number of H-pyrrole nitrogens is 1. The molecule has 0 aliphatic heterocycles. The molecule has 0 atom stereocenters. The Balaban J connectivity index is 2.87. The van der Waals surface area contributed by atoms with Gasteiger partial charge in [0.25, 0.3) is 6.43 Å². The minimum absolute atomic E-state index is 0.0193. The van der Waals surface area contributed by atoms with Gasteiger partial charge in [-0.25, -0.2) is 13.2 Å². The summed E-state index contributed by atoms with van der Waals surface area (Å²) < 4.78 is 37.7. The molecular formula is C10H5ClF3NO. The topological polar surface area (TPSA) is 32.9 Å². The van der Waals surface area contributed by atoms with Crippen molar-refractivity contribution in [1.82, 2.24) is 4.98 Å². The van der Waals surface area contributed by atoms with E-state index in [1.807, 2.05) is 0 Å². The summed E-state index contributed by atoms with van der Waals surface area (Å²) in [7, 11) is 0. The van der Waals surface area contributed by atoms with E-state index in [0.717, 1.165) is 18.2 Å². The highest BCUT2D eigenvalue weighted by atomic mass is 35.5. The fourth-order valence-corrected chi connectivity index (χ4v) is 1.67. The summed E-state index contributed by atoms with van der Waals surface area (Å²) >= 11 is 5.66. The summed E-state index contributed by atoms with van der Waals surface area (Å²) in [6.07, 6.45) is -2.81. The highest BCUT2D eigenvalue weighted by Crippen LogP contribution is 2.24. The van der Waals surface area contributed by atoms with Gasteiger partial charge < -0.3 is 4.98 Å². The first-order valence-corrected chi connectivity index (χ1v) is 4.67. The Morgan fingerprint density at radius 3 is 2.56 bits per heavy atom. The van der Waals surface area contributed by atoms with Crippen molar-refractivity contribution in [1.29, 1.82) is 0 Å². The van der Waals surface area contributed by atoms with Gasteiger partial charge in [0.2, 0.25) is 0 Å². The van der Waals surface area contributed by atoms with Crippen LogP contribution in [0.5, 0.6) is 0 Å². The van der Waals surface area contributed by atoms with Crippen LogP contribution in [0.1, 0.15) is 12.1 Å². The average molecular weight is 248 g/mol. The van der Waals surface area contributed by atoms with Crippen molar-refractivity contribution in [3.63, 3.8) is 0 Å². The Hall–Kier alpha value is -1.49. The number of nitrogens with one attached hydrogen (secondary N) is 1. The van der Waals surface area contributed by atoms with E-state index in [0.29, 0.717) is 0 Å². The van der Waals surface area contributed by atoms with Crippen LogP contribution < -0.4 is 5.43 Å². The Morgan fingerprint density at radius 2 is 1.94 bits per heavy atom. The van der Waals surface area contributed by atoms with Crippen molar-refractivity contribution in [2.45, 2.75) is 6.43 Å². The van der Waals surface area contributed by atoms with Gasteiger partial charge in [0, 0.05) is 11.5 Å². The van der Waals surface area contributed by atoms with Crippen LogP contribution >= 0.6 is 11.6 Å². The number of aromatic amines is 1. The van der Waals surface area contributed by atoms with Gasteiger partial charge in [0.05, 0.1) is 16.2 Å². The normalized spacial score (nSPS) is 11.3. The third-order valence-corrected chi connectivity index (χ3v) is 2.41. The van der Waals surface area contributed by atoms with Gasteiger partial charge >= 0.3 is 0 Å². The molecule has 2 aromatic rings. The molecule has 0 unspecified atom stereocenters. The first-order valence-electron chi connectivity index (χ1n) is 4.29. The second-order valence-electron chi connectivity index (χ2n) is 3.20. The molecule has 0 aliphatic carbocycles. The van der Waals surface area contributed by atoms with Crippen LogP contribution in [0.25, 0.3) is 10.9 Å². The quantitative estimate of drug-likeness (QED) is 0.824. The monoisotopic (exact) mass is 247 g/mol. The van der Waals surface area contributed by atoms with Gasteiger partial charge in [0.15, 0.2) is 5.43 Å². The lowest BCUT2D eigenvalue weighted by molar-refractivity contribution is 0.146. The van der Waals surface area contributed by atoms with E-state index in [2.05, 4.69) is 4.98 Å². The molecule has 0 spiro atoms. The zero-order valence-corrected chi connectivity index (χ0v) is 8.49. The van der Waals surface area contributed by atoms with Crippen molar-refractivity contribution < 1.29 is 13.2 Å². The fraction of sp³-hybridized carbons (Fsp3) is 0.100. The Kier molecular flexibility index (Phi) is 2.63. The standard InChI is InChI=1S/C10H5ClF3NO/c11-6-2-4(12)1-5-8(16)3-7(10(13)14)15-9(5)6/h1-3,10H,(H,15,16). The van der Waals surface area contributed by atoms with Crippen LogP contribution in [0.4, 0.5) is 13.2 Å². The van der Waals surface area contributed by atoms with Crippen LogP contribution in [-0.2, 0) is 0 Å². The van der Waals surface area contributed by atoms with E-state index in [1.54, 1.807) is 0 Å². The molecule has 2 rings (SSSR count). The van der Waals surface area contributed by atoms with Crippen LogP contribution in [0.3, 0.4) is 0 Å². The highest BCUT2D eigenvalue weighted by Gasteiger charge is 2.13. The largest absolute Gasteiger partial charge is 0.352 e. The van der Waals surface area contributed by atoms with E-state index in [4.69, 9.17) is 11.6 Å². The highest BCUT2D eigenvalue weighted by molar-refractivity contribution is 6.35. The fourth-order valence-electron chi connectivity index (χ4n) is 1.41. The van der Waals surface area contributed by atoms with E-state index < -0.39 is 23.4 Å². The second kappa shape index (κ2) is 3.83. The summed E-state index contributed by atoms with van der Waals surface area (Å²) in [6.45, 7) is 0. The molecule has 1 heterocycles. The molecule has 0 saturated heterocycles. The molecule has 1 aromatic carbocycles. The summed E-state index contributed by atoms with van der Waals surface area (Å²) in [5, 5.41) is -0.149. The molecule has 16 heavy (non-hydrogen) atoms. The maximum absolute atomic E-state index is 13.0. The van der Waals surface area contributed by atoms with Crippen LogP contribution in [0, 0.1) is 5.82 Å². The van der Waals surface area contributed by atoms with Gasteiger partial charge in [-0.3, -0.25) is 4.79 Å². The predicted molar refractivity (Wildman–Crippen MR) is 54.5 cm³/mol. The van der Waals surface area contributed by atoms with Crippen molar-refractivity contribution in [3.8, 4) is 0 Å². The number of halogens is 4. The van der Waals surface area contributed by atoms with Gasteiger partial charge in [-0.15, -0.1) is 0 Å². The maximum atomic E-state index is 13.0. The van der Waals surface area contributed by atoms with Gasteiger partial charge in [-0.1, -0.05) is 11.6 Å². The van der Waals surface area contributed by atoms with E-state index in [-0.39, 0.29) is 15.9 Å². The van der Waals surface area contributed by atoms with Gasteiger partial charge in [-0.05, 0) is 12.1 Å². The molecular weight excluding hydrogens is 243 g/mol. The lowest BCUT2D eigenvalue weighted by atomic mass is 10.2. The molecule has 2 nitrogen and oxygen atoms in total. The van der Waals surface area contributed by atoms with Crippen molar-refractivity contribution in [2.24, 2.45) is 0 Å². The number of fused-ring (bicyclic) bond motifs is 1. The average Bonchev–Trinajstić information content (AvgIpc) is 2.19. The van der Waals surface area contributed by atoms with Crippen LogP contribution in [-0.4, -0.2) is 4.98 Å². The summed E-state index contributed by atoms with van der Waals surface area (Å²) in [6, 6.07) is 2.65. The second-order valence-corrected chi connectivity index (χ2v) is 3.61. The SMILES string of the molecule is O=c1cc(C(F)F)[nH]c2c(Cl)cc(F)cc12. The number of pyridine rings is 1. The minimum atomic E-state index is -2.81. The molecule has 1 aromatic heterocycles. The molecule has 0 amide bonds. The number of alkyl halides is 2. The lowest BCUT2D eigenvalue weighted by Gasteiger charge is -2.04. The summed E-state index contributed by atoms with van der Waals surface area (Å²) in [5.41, 5.74) is -1.21. The molecule has 0 aliphatic rings. The molecule has 84 valence electrons. The van der Waals surface area contributed by atoms with E-state index in [9.17, 15) is 18.0 Å². The zero-order valence-electron chi connectivity index (χ0n) is 7.73. The lowest BCUT2D eigenvalue weighted by Crippen LogP contribution is -2.06. The van der Waals surface area contributed by atoms with E-state index >= 15 is 0 Å². The summed E-state index contributed by atoms with van der Waals surface area (Å²) in [4.78, 5) is 13.7. The summed E-state index contributed by atoms with van der Waals surface area (Å²) in [5.74, 6) is -0.687. The van der Waals surface area contributed by atoms with Crippen LogP contribution in [0.2, 0.25) is 5.02 Å². The van der Waals surface area contributed by atoms with Gasteiger partial charge in [0.1, 0.15) is 5.82 Å². The first kappa shape index (κ1) is 11.0.